The van der Waals surface area contributed by atoms with E-state index in [1.54, 1.807) is 6.07 Å². The molecule has 0 bridgehead atoms. The molecule has 1 atom stereocenters. The van der Waals surface area contributed by atoms with Gasteiger partial charge in [-0.05, 0) is 60.4 Å². The number of ketones is 2. The van der Waals surface area contributed by atoms with E-state index in [-0.39, 0.29) is 23.2 Å². The molecule has 46 heavy (non-hydrogen) atoms. The second kappa shape index (κ2) is 13.5. The van der Waals surface area contributed by atoms with Crippen LogP contribution in [0.4, 0.5) is 0 Å². The van der Waals surface area contributed by atoms with Crippen LogP contribution in [0.5, 0.6) is 0 Å². The second-order valence-electron chi connectivity index (χ2n) is 12.0. The van der Waals surface area contributed by atoms with E-state index < -0.39 is 5.97 Å². The predicted octanol–water partition coefficient (Wildman–Crippen LogP) is 7.30. The molecule has 6 heteroatoms. The van der Waals surface area contributed by atoms with Crippen molar-refractivity contribution in [2.75, 3.05) is 0 Å². The quantitative estimate of drug-likeness (QED) is 0.0517. The van der Waals surface area contributed by atoms with Gasteiger partial charge in [0.25, 0.3) is 0 Å². The molecule has 1 unspecified atom stereocenters. The maximum atomic E-state index is 14.0. The SMILES string of the molecule is CCCCCCn1c2c(c3cc(C(=O)/C(=N/OC(C)=O)c4ccccc4C)ccc31)=CC(C(=O)c1ccc3ccccc3c1)CC=2. The number of rotatable bonds is 11. The smallest absolute Gasteiger partial charge is 0.332 e. The molecule has 4 aromatic carbocycles. The van der Waals surface area contributed by atoms with Crippen LogP contribution in [0.2, 0.25) is 0 Å². The average Bonchev–Trinajstić information content (AvgIpc) is 3.38. The lowest BCUT2D eigenvalue weighted by Gasteiger charge is -2.14. The van der Waals surface area contributed by atoms with E-state index in [2.05, 4.69) is 28.8 Å². The molecule has 0 aliphatic heterocycles. The third-order valence-corrected chi connectivity index (χ3v) is 8.83. The Morgan fingerprint density at radius 2 is 1.63 bits per heavy atom. The van der Waals surface area contributed by atoms with E-state index >= 15 is 0 Å². The molecule has 0 fully saturated rings. The molecule has 1 aliphatic rings. The number of aryl methyl sites for hydroxylation is 2. The van der Waals surface area contributed by atoms with Gasteiger partial charge in [-0.25, -0.2) is 4.79 Å². The van der Waals surface area contributed by atoms with Crippen LogP contribution in [0.1, 0.15) is 77.8 Å². The summed E-state index contributed by atoms with van der Waals surface area (Å²) >= 11 is 0. The summed E-state index contributed by atoms with van der Waals surface area (Å²) in [6.45, 7) is 6.21. The van der Waals surface area contributed by atoms with Crippen molar-refractivity contribution in [2.45, 2.75) is 59.4 Å². The van der Waals surface area contributed by atoms with Crippen LogP contribution in [-0.4, -0.2) is 27.8 Å². The maximum absolute atomic E-state index is 14.0. The lowest BCUT2D eigenvalue weighted by atomic mass is 9.89. The Bertz CT molecular complexity index is 2140. The highest BCUT2D eigenvalue weighted by molar-refractivity contribution is 6.51. The molecule has 6 rings (SSSR count). The number of aromatic nitrogens is 1. The van der Waals surface area contributed by atoms with Gasteiger partial charge in [-0.3, -0.25) is 9.59 Å². The van der Waals surface area contributed by atoms with Gasteiger partial charge in [0.05, 0.1) is 0 Å². The van der Waals surface area contributed by atoms with Gasteiger partial charge in [-0.1, -0.05) is 104 Å². The maximum Gasteiger partial charge on any atom is 0.332 e. The number of hydrogen-bond donors (Lipinski definition) is 0. The number of carbonyl (C=O) groups is 3. The monoisotopic (exact) mass is 610 g/mol. The van der Waals surface area contributed by atoms with Crippen LogP contribution >= 0.6 is 0 Å². The van der Waals surface area contributed by atoms with Crippen molar-refractivity contribution in [2.24, 2.45) is 11.1 Å². The zero-order valence-corrected chi connectivity index (χ0v) is 26.6. The number of hydrogen-bond acceptors (Lipinski definition) is 5. The lowest BCUT2D eigenvalue weighted by molar-refractivity contribution is -0.140. The average molecular weight is 611 g/mol. The number of unbranched alkanes of at least 4 members (excludes halogenated alkanes) is 3. The van der Waals surface area contributed by atoms with Crippen LogP contribution in [0.15, 0.2) is 90.1 Å². The minimum Gasteiger partial charge on any atom is -0.341 e. The summed E-state index contributed by atoms with van der Waals surface area (Å²) in [7, 11) is 0. The Balaban J connectivity index is 1.45. The highest BCUT2D eigenvalue weighted by Gasteiger charge is 2.24. The highest BCUT2D eigenvalue weighted by atomic mass is 16.7. The second-order valence-corrected chi connectivity index (χ2v) is 12.0. The fourth-order valence-corrected chi connectivity index (χ4v) is 6.42. The van der Waals surface area contributed by atoms with Gasteiger partial charge < -0.3 is 9.40 Å². The highest BCUT2D eigenvalue weighted by Crippen LogP contribution is 2.24. The molecule has 6 nitrogen and oxygen atoms in total. The van der Waals surface area contributed by atoms with E-state index in [0.29, 0.717) is 23.1 Å². The molecule has 0 radical (unpaired) electrons. The van der Waals surface area contributed by atoms with E-state index in [9.17, 15) is 14.4 Å². The summed E-state index contributed by atoms with van der Waals surface area (Å²) in [5, 5.41) is 9.13. The predicted molar refractivity (Wildman–Crippen MR) is 184 cm³/mol. The number of fused-ring (bicyclic) bond motifs is 4. The number of Topliss-reactive ketones (excluding diaryl/α,β-unsaturated/α-hetero) is 2. The van der Waals surface area contributed by atoms with Crippen molar-refractivity contribution < 1.29 is 19.2 Å². The van der Waals surface area contributed by atoms with Gasteiger partial charge in [0.2, 0.25) is 5.78 Å². The zero-order chi connectivity index (χ0) is 32.2. The third-order valence-electron chi connectivity index (χ3n) is 8.83. The summed E-state index contributed by atoms with van der Waals surface area (Å²) in [5.74, 6) is -1.18. The van der Waals surface area contributed by atoms with Crippen molar-refractivity contribution in [3.8, 4) is 0 Å². The van der Waals surface area contributed by atoms with Crippen LogP contribution < -0.4 is 10.6 Å². The Morgan fingerprint density at radius 3 is 2.41 bits per heavy atom. The molecule has 0 saturated carbocycles. The topological polar surface area (TPSA) is 77.7 Å². The Morgan fingerprint density at radius 1 is 0.870 bits per heavy atom. The molecule has 0 spiro atoms. The molecule has 0 N–H and O–H groups in total. The van der Waals surface area contributed by atoms with E-state index in [1.807, 2.05) is 85.8 Å². The van der Waals surface area contributed by atoms with Gasteiger partial charge in [0.1, 0.15) is 0 Å². The molecular formula is C40H38N2O4. The first-order valence-corrected chi connectivity index (χ1v) is 16.1. The normalized spacial score (nSPS) is 14.4. The van der Waals surface area contributed by atoms with Gasteiger partial charge in [0, 0.05) is 57.5 Å². The first-order valence-electron chi connectivity index (χ1n) is 16.1. The minimum absolute atomic E-state index is 0.0698. The number of carbonyl (C=O) groups excluding carboxylic acids is 3. The molecule has 0 amide bonds. The van der Waals surface area contributed by atoms with Crippen LogP contribution in [0, 0.1) is 12.8 Å². The fraction of sp³-hybridized carbons (Fsp3) is 0.250. The third kappa shape index (κ3) is 6.20. The van der Waals surface area contributed by atoms with Crippen molar-refractivity contribution in [1.82, 2.24) is 4.57 Å². The van der Waals surface area contributed by atoms with Gasteiger partial charge in [0.15, 0.2) is 11.5 Å². The number of benzene rings is 4. The first-order chi connectivity index (χ1) is 22.4. The van der Waals surface area contributed by atoms with Crippen LogP contribution in [-0.2, 0) is 16.2 Å². The summed E-state index contributed by atoms with van der Waals surface area (Å²) in [4.78, 5) is 44.5. The lowest BCUT2D eigenvalue weighted by Crippen LogP contribution is -2.34. The van der Waals surface area contributed by atoms with Gasteiger partial charge >= 0.3 is 5.97 Å². The van der Waals surface area contributed by atoms with Crippen molar-refractivity contribution >= 4 is 57.1 Å². The molecule has 5 aromatic rings. The molecular weight excluding hydrogens is 572 g/mol. The fourth-order valence-electron chi connectivity index (χ4n) is 6.42. The van der Waals surface area contributed by atoms with E-state index in [0.717, 1.165) is 63.6 Å². The molecule has 232 valence electrons. The molecule has 1 aliphatic carbocycles. The Hall–Kier alpha value is -5.10. The van der Waals surface area contributed by atoms with Crippen molar-refractivity contribution in [3.05, 3.63) is 118 Å². The summed E-state index contributed by atoms with van der Waals surface area (Å²) in [5.41, 5.74) is 3.67. The summed E-state index contributed by atoms with van der Waals surface area (Å²) in [6.07, 6.45) is 9.41. The molecule has 0 saturated heterocycles. The molecule has 1 aromatic heterocycles. The van der Waals surface area contributed by atoms with Crippen LogP contribution in [0.25, 0.3) is 33.8 Å². The van der Waals surface area contributed by atoms with Crippen molar-refractivity contribution in [3.63, 3.8) is 0 Å². The zero-order valence-electron chi connectivity index (χ0n) is 26.6. The van der Waals surface area contributed by atoms with E-state index in [1.165, 1.54) is 13.3 Å². The first kappa shape index (κ1) is 30.9. The standard InChI is InChI=1S/C40H38N2O4/c1-4-5-6-11-22-42-36-20-18-31(39(44)30-17-16-28-13-8-9-14-29(28)23-30)24-34(36)35-25-32(19-21-37(35)42)40(45)38(41-46-27(3)43)33-15-10-7-12-26(33)2/h7-10,12-17,19-21,23-25,31H,4-6,11,18,22H2,1-3H3/b41-38+. The van der Waals surface area contributed by atoms with Gasteiger partial charge in [-0.15, -0.1) is 0 Å². The number of nitrogens with zero attached hydrogens (tertiary/aromatic N) is 2. The Labute approximate surface area is 268 Å². The minimum atomic E-state index is -0.601. The van der Waals surface area contributed by atoms with E-state index in [4.69, 9.17) is 4.84 Å². The summed E-state index contributed by atoms with van der Waals surface area (Å²) < 4.78 is 2.33. The van der Waals surface area contributed by atoms with Crippen molar-refractivity contribution in [1.29, 1.82) is 0 Å². The largest absolute Gasteiger partial charge is 0.341 e. The Kier molecular flexibility index (Phi) is 9.06. The molecule has 1 heterocycles. The summed E-state index contributed by atoms with van der Waals surface area (Å²) in [6, 6.07) is 27.1. The number of oxime groups is 1. The van der Waals surface area contributed by atoms with Crippen LogP contribution in [0.3, 0.4) is 0 Å². The van der Waals surface area contributed by atoms with Gasteiger partial charge in [-0.2, -0.15) is 0 Å².